The number of nitrogens with zero attached hydrogens (tertiary/aromatic N) is 1. The van der Waals surface area contributed by atoms with Crippen LogP contribution in [0.2, 0.25) is 0 Å². The SMILES string of the molecule is Nc1cc2c(c(S(=O)(=O)NCc3ncc[nH]3)c1)OCCC2. The van der Waals surface area contributed by atoms with Crippen molar-refractivity contribution in [2.24, 2.45) is 0 Å². The van der Waals surface area contributed by atoms with Crippen molar-refractivity contribution in [2.45, 2.75) is 24.3 Å². The second-order valence-corrected chi connectivity index (χ2v) is 6.56. The molecule has 4 N–H and O–H groups in total. The predicted octanol–water partition coefficient (Wildman–Crippen LogP) is 0.795. The first-order valence-corrected chi connectivity index (χ1v) is 8.08. The fourth-order valence-electron chi connectivity index (χ4n) is 2.31. The lowest BCUT2D eigenvalue weighted by molar-refractivity contribution is 0.280. The molecule has 2 aromatic rings. The van der Waals surface area contributed by atoms with Crippen molar-refractivity contribution in [1.29, 1.82) is 0 Å². The Balaban J connectivity index is 1.93. The summed E-state index contributed by atoms with van der Waals surface area (Å²) in [6.07, 6.45) is 4.82. The molecule has 0 saturated carbocycles. The minimum Gasteiger partial charge on any atom is -0.492 e. The van der Waals surface area contributed by atoms with Gasteiger partial charge < -0.3 is 15.5 Å². The van der Waals surface area contributed by atoms with E-state index in [1.165, 1.54) is 6.07 Å². The number of aromatic amines is 1. The van der Waals surface area contributed by atoms with Gasteiger partial charge in [0.1, 0.15) is 16.5 Å². The zero-order chi connectivity index (χ0) is 14.9. The number of ether oxygens (including phenoxy) is 1. The van der Waals surface area contributed by atoms with Crippen molar-refractivity contribution >= 4 is 15.7 Å². The van der Waals surface area contributed by atoms with Gasteiger partial charge in [-0.3, -0.25) is 0 Å². The van der Waals surface area contributed by atoms with E-state index in [4.69, 9.17) is 10.5 Å². The Kier molecular flexibility index (Phi) is 3.56. The molecule has 0 radical (unpaired) electrons. The molecule has 3 rings (SSSR count). The van der Waals surface area contributed by atoms with Crippen LogP contribution in [0.15, 0.2) is 29.4 Å². The highest BCUT2D eigenvalue weighted by molar-refractivity contribution is 7.89. The molecule has 0 amide bonds. The Hall–Kier alpha value is -2.06. The van der Waals surface area contributed by atoms with E-state index in [2.05, 4.69) is 14.7 Å². The van der Waals surface area contributed by atoms with Gasteiger partial charge in [-0.25, -0.2) is 18.1 Å². The highest BCUT2D eigenvalue weighted by Gasteiger charge is 2.25. The topological polar surface area (TPSA) is 110 Å². The molecule has 21 heavy (non-hydrogen) atoms. The third-order valence-corrected chi connectivity index (χ3v) is 4.67. The molecule has 7 nitrogen and oxygen atoms in total. The van der Waals surface area contributed by atoms with Crippen LogP contribution < -0.4 is 15.2 Å². The van der Waals surface area contributed by atoms with Gasteiger partial charge >= 0.3 is 0 Å². The third-order valence-electron chi connectivity index (χ3n) is 3.26. The number of benzene rings is 1. The van der Waals surface area contributed by atoms with E-state index >= 15 is 0 Å². The van der Waals surface area contributed by atoms with E-state index < -0.39 is 10.0 Å². The Morgan fingerprint density at radius 1 is 1.43 bits per heavy atom. The lowest BCUT2D eigenvalue weighted by Gasteiger charge is -2.21. The molecule has 0 aliphatic carbocycles. The maximum Gasteiger partial charge on any atom is 0.244 e. The minimum absolute atomic E-state index is 0.0822. The van der Waals surface area contributed by atoms with Crippen molar-refractivity contribution in [3.63, 3.8) is 0 Å². The standard InChI is InChI=1S/C13H16N4O3S/c14-10-6-9-2-1-5-20-13(9)11(7-10)21(18,19)17-8-12-15-3-4-16-12/h3-4,6-7,17H,1-2,5,8,14H2,(H,15,16). The van der Waals surface area contributed by atoms with E-state index in [0.29, 0.717) is 23.9 Å². The molecule has 112 valence electrons. The van der Waals surface area contributed by atoms with Crippen LogP contribution in [-0.2, 0) is 23.0 Å². The highest BCUT2D eigenvalue weighted by atomic mass is 32.2. The second kappa shape index (κ2) is 5.38. The first-order chi connectivity index (χ1) is 10.1. The van der Waals surface area contributed by atoms with Crippen LogP contribution in [0.25, 0.3) is 0 Å². The highest BCUT2D eigenvalue weighted by Crippen LogP contribution is 2.34. The van der Waals surface area contributed by atoms with Gasteiger partial charge in [-0.15, -0.1) is 0 Å². The number of imidazole rings is 1. The summed E-state index contributed by atoms with van der Waals surface area (Å²) in [6.45, 7) is 0.594. The molecular formula is C13H16N4O3S. The zero-order valence-corrected chi connectivity index (χ0v) is 12.1. The second-order valence-electron chi connectivity index (χ2n) is 4.82. The van der Waals surface area contributed by atoms with E-state index in [1.807, 2.05) is 0 Å². The summed E-state index contributed by atoms with van der Waals surface area (Å²) < 4.78 is 33.0. The van der Waals surface area contributed by atoms with Gasteiger partial charge in [-0.1, -0.05) is 0 Å². The fraction of sp³-hybridized carbons (Fsp3) is 0.308. The molecule has 1 aromatic carbocycles. The van der Waals surface area contributed by atoms with Crippen LogP contribution in [-0.4, -0.2) is 25.0 Å². The summed E-state index contributed by atoms with van der Waals surface area (Å²) in [6, 6.07) is 3.19. The number of nitrogens with one attached hydrogen (secondary N) is 2. The molecule has 1 aromatic heterocycles. The van der Waals surface area contributed by atoms with Crippen LogP contribution in [0.1, 0.15) is 17.8 Å². The molecule has 0 spiro atoms. The van der Waals surface area contributed by atoms with Crippen LogP contribution in [0, 0.1) is 0 Å². The molecule has 0 atom stereocenters. The summed E-state index contributed by atoms with van der Waals surface area (Å²) >= 11 is 0. The van der Waals surface area contributed by atoms with Gasteiger partial charge in [0.15, 0.2) is 0 Å². The van der Waals surface area contributed by atoms with Crippen LogP contribution >= 0.6 is 0 Å². The van der Waals surface area contributed by atoms with Crippen molar-refractivity contribution < 1.29 is 13.2 Å². The van der Waals surface area contributed by atoms with Crippen molar-refractivity contribution in [1.82, 2.24) is 14.7 Å². The molecule has 0 unspecified atom stereocenters. The Morgan fingerprint density at radius 2 is 2.29 bits per heavy atom. The van der Waals surface area contributed by atoms with Gasteiger partial charge in [-0.05, 0) is 30.5 Å². The number of hydrogen-bond donors (Lipinski definition) is 3. The van der Waals surface area contributed by atoms with Gasteiger partial charge in [0, 0.05) is 18.1 Å². The molecule has 1 aliphatic rings. The summed E-state index contributed by atoms with van der Waals surface area (Å²) in [5, 5.41) is 0. The fourth-order valence-corrected chi connectivity index (χ4v) is 3.51. The summed E-state index contributed by atoms with van der Waals surface area (Å²) in [5.74, 6) is 0.944. The molecule has 0 fully saturated rings. The number of nitrogen functional groups attached to an aromatic ring is 1. The lowest BCUT2D eigenvalue weighted by Crippen LogP contribution is -2.25. The third kappa shape index (κ3) is 2.86. The van der Waals surface area contributed by atoms with E-state index in [1.54, 1.807) is 18.5 Å². The van der Waals surface area contributed by atoms with Crippen molar-refractivity contribution in [3.8, 4) is 5.75 Å². The van der Waals surface area contributed by atoms with Crippen LogP contribution in [0.5, 0.6) is 5.75 Å². The van der Waals surface area contributed by atoms with E-state index in [9.17, 15) is 8.42 Å². The Bertz CT molecular complexity index is 741. The normalized spacial score (nSPS) is 14.5. The van der Waals surface area contributed by atoms with E-state index in [0.717, 1.165) is 18.4 Å². The van der Waals surface area contributed by atoms with Gasteiger partial charge in [0.05, 0.1) is 13.2 Å². The number of H-pyrrole nitrogens is 1. The molecule has 8 heteroatoms. The number of aromatic nitrogens is 2. The minimum atomic E-state index is -3.72. The summed E-state index contributed by atoms with van der Waals surface area (Å²) in [7, 11) is -3.72. The number of fused-ring (bicyclic) bond motifs is 1. The molecule has 0 bridgehead atoms. The molecular weight excluding hydrogens is 292 g/mol. The number of anilines is 1. The zero-order valence-electron chi connectivity index (χ0n) is 11.3. The monoisotopic (exact) mass is 308 g/mol. The Morgan fingerprint density at radius 3 is 3.05 bits per heavy atom. The first kappa shape index (κ1) is 13.9. The average molecular weight is 308 g/mol. The van der Waals surface area contributed by atoms with E-state index in [-0.39, 0.29) is 11.4 Å². The number of nitrogens with two attached hydrogens (primary N) is 1. The first-order valence-electron chi connectivity index (χ1n) is 6.59. The Labute approximate surface area is 122 Å². The number of sulfonamides is 1. The molecule has 0 saturated heterocycles. The number of hydrogen-bond acceptors (Lipinski definition) is 5. The maximum absolute atomic E-state index is 12.5. The van der Waals surface area contributed by atoms with Crippen LogP contribution in [0.4, 0.5) is 5.69 Å². The predicted molar refractivity (Wildman–Crippen MR) is 77.3 cm³/mol. The molecule has 2 heterocycles. The number of aryl methyl sites for hydroxylation is 1. The summed E-state index contributed by atoms with van der Waals surface area (Å²) in [4.78, 5) is 6.91. The smallest absolute Gasteiger partial charge is 0.244 e. The van der Waals surface area contributed by atoms with Crippen molar-refractivity contribution in [2.75, 3.05) is 12.3 Å². The van der Waals surface area contributed by atoms with Crippen LogP contribution in [0.3, 0.4) is 0 Å². The maximum atomic E-state index is 12.5. The van der Waals surface area contributed by atoms with Crippen molar-refractivity contribution in [3.05, 3.63) is 35.9 Å². The van der Waals surface area contributed by atoms with Gasteiger partial charge in [0.2, 0.25) is 10.0 Å². The lowest BCUT2D eigenvalue weighted by atomic mass is 10.1. The van der Waals surface area contributed by atoms with Gasteiger partial charge in [-0.2, -0.15) is 0 Å². The number of rotatable bonds is 4. The summed E-state index contributed by atoms with van der Waals surface area (Å²) in [5.41, 5.74) is 7.05. The molecule has 1 aliphatic heterocycles. The largest absolute Gasteiger partial charge is 0.492 e. The average Bonchev–Trinajstić information content (AvgIpc) is 2.97. The van der Waals surface area contributed by atoms with Gasteiger partial charge in [0.25, 0.3) is 0 Å². The quantitative estimate of drug-likeness (QED) is 0.723.